The molecule has 0 heterocycles. The van der Waals surface area contributed by atoms with Crippen molar-refractivity contribution >= 4 is 34.8 Å². The zero-order valence-electron chi connectivity index (χ0n) is 20.1. The monoisotopic (exact) mass is 530 g/mol. The largest absolute Gasteiger partial charge is 0.508 e. The Morgan fingerprint density at radius 3 is 2.47 bits per heavy atom. The average molecular weight is 531 g/mol. The van der Waals surface area contributed by atoms with Crippen LogP contribution in [0.25, 0.3) is 5.76 Å². The maximum atomic E-state index is 15.2. The minimum absolute atomic E-state index is 0.0857. The first-order chi connectivity index (χ1) is 17.9. The molecule has 202 valence electrons. The van der Waals surface area contributed by atoms with Crippen molar-refractivity contribution in [1.82, 2.24) is 5.32 Å². The number of Topliss-reactive ketones (excluding diaryl/α,β-unsaturated/α-hetero) is 2. The summed E-state index contributed by atoms with van der Waals surface area (Å²) in [5.74, 6) is -10.3. The van der Waals surface area contributed by atoms with E-state index in [1.54, 1.807) is 0 Å². The Morgan fingerprint density at radius 2 is 1.87 bits per heavy atom. The molecule has 4 aliphatic carbocycles. The van der Waals surface area contributed by atoms with Gasteiger partial charge >= 0.3 is 0 Å². The number of rotatable bonds is 5. The van der Waals surface area contributed by atoms with Gasteiger partial charge in [0.05, 0.1) is 23.8 Å². The number of amides is 2. The molecule has 2 fully saturated rings. The summed E-state index contributed by atoms with van der Waals surface area (Å²) in [6, 6.07) is -0.481. The number of nitrogens with two attached hydrogens (primary N) is 2. The van der Waals surface area contributed by atoms with Gasteiger partial charge in [-0.25, -0.2) is 4.39 Å². The summed E-state index contributed by atoms with van der Waals surface area (Å²) in [6.07, 6.45) is 2.45. The molecular weight excluding hydrogens is 503 g/mol. The number of hydrogen-bond donors (Lipinski definition) is 8. The normalized spacial score (nSPS) is 28.9. The molecule has 0 bridgehead atoms. The van der Waals surface area contributed by atoms with Gasteiger partial charge in [0.2, 0.25) is 11.7 Å². The van der Waals surface area contributed by atoms with Crippen molar-refractivity contribution in [3.63, 3.8) is 0 Å². The van der Waals surface area contributed by atoms with Crippen LogP contribution in [0.15, 0.2) is 23.0 Å². The second kappa shape index (κ2) is 8.89. The van der Waals surface area contributed by atoms with Crippen molar-refractivity contribution in [3.05, 3.63) is 39.9 Å². The van der Waals surface area contributed by atoms with Crippen molar-refractivity contribution in [3.8, 4) is 5.75 Å². The molecule has 0 radical (unpaired) electrons. The van der Waals surface area contributed by atoms with Crippen molar-refractivity contribution in [2.75, 3.05) is 11.9 Å². The van der Waals surface area contributed by atoms with E-state index in [-0.39, 0.29) is 36.7 Å². The molecule has 0 aromatic heterocycles. The van der Waals surface area contributed by atoms with Gasteiger partial charge in [-0.1, -0.05) is 6.42 Å². The van der Waals surface area contributed by atoms with Crippen LogP contribution in [0.1, 0.15) is 36.8 Å². The first-order valence-electron chi connectivity index (χ1n) is 12.2. The Hall–Kier alpha value is -3.81. The number of ketones is 2. The molecule has 0 unspecified atom stereocenters. The maximum absolute atomic E-state index is 15.2. The number of hydrogen-bond acceptors (Lipinski definition) is 10. The van der Waals surface area contributed by atoms with E-state index >= 15 is 4.39 Å². The van der Waals surface area contributed by atoms with E-state index in [1.165, 1.54) is 0 Å². The van der Waals surface area contributed by atoms with Gasteiger partial charge in [0.15, 0.2) is 17.1 Å². The van der Waals surface area contributed by atoms with Gasteiger partial charge in [-0.2, -0.15) is 0 Å². The van der Waals surface area contributed by atoms with Crippen LogP contribution < -0.4 is 22.1 Å². The highest BCUT2D eigenvalue weighted by atomic mass is 19.1. The lowest BCUT2D eigenvalue weighted by molar-refractivity contribution is -0.149. The first kappa shape index (κ1) is 25.8. The highest BCUT2D eigenvalue weighted by Gasteiger charge is 2.63. The predicted octanol–water partition coefficient (Wildman–Crippen LogP) is -0.419. The van der Waals surface area contributed by atoms with Crippen LogP contribution in [0.5, 0.6) is 5.75 Å². The number of benzene rings is 1. The fourth-order valence-electron chi connectivity index (χ4n) is 5.88. The van der Waals surface area contributed by atoms with Gasteiger partial charge in [0.1, 0.15) is 22.9 Å². The lowest BCUT2D eigenvalue weighted by Gasteiger charge is -2.48. The van der Waals surface area contributed by atoms with Crippen LogP contribution in [-0.4, -0.2) is 68.0 Å². The van der Waals surface area contributed by atoms with Crippen LogP contribution >= 0.6 is 0 Å². The Balaban J connectivity index is 1.55. The quantitative estimate of drug-likeness (QED) is 0.181. The molecule has 0 spiro atoms. The molecule has 5 rings (SSSR count). The van der Waals surface area contributed by atoms with Crippen LogP contribution in [0.4, 0.5) is 10.1 Å². The molecule has 0 aliphatic heterocycles. The number of phenols is 1. The predicted molar refractivity (Wildman–Crippen MR) is 129 cm³/mol. The Kier molecular flexibility index (Phi) is 6.04. The van der Waals surface area contributed by atoms with E-state index in [4.69, 9.17) is 11.5 Å². The molecule has 4 atom stereocenters. The number of primary amides is 1. The number of halogens is 1. The topological polar surface area (TPSA) is 225 Å². The minimum atomic E-state index is -2.86. The Morgan fingerprint density at radius 1 is 1.18 bits per heavy atom. The van der Waals surface area contributed by atoms with Crippen LogP contribution in [-0.2, 0) is 25.6 Å². The van der Waals surface area contributed by atoms with Gasteiger partial charge in [0, 0.05) is 29.2 Å². The molecule has 38 heavy (non-hydrogen) atoms. The fourth-order valence-corrected chi connectivity index (χ4v) is 5.88. The standard InChI is InChI=1S/C25H27FN4O8/c26-12-6-13(30-14(31)7-29-9-2-1-3-9)19(32)16-10(12)4-8-5-11-18(27)21(34)17(24(28)37)23(36)25(11,38)22(35)15(8)20(16)33/h6,8-9,11,18,29,32-33,36,38H,1-5,7,27H2,(H2,28,37)(H,30,31)/t8-,11-,18-,25-/m0/s1. The molecular formula is C25H27FN4O8. The molecule has 13 heteroatoms. The molecule has 1 aromatic carbocycles. The third-order valence-electron chi connectivity index (χ3n) is 8.13. The van der Waals surface area contributed by atoms with Crippen molar-refractivity contribution in [2.45, 2.75) is 49.8 Å². The number of carbonyl (C=O) groups excluding carboxylic acids is 4. The van der Waals surface area contributed by atoms with Gasteiger partial charge in [-0.05, 0) is 31.6 Å². The Labute approximate surface area is 215 Å². The van der Waals surface area contributed by atoms with Gasteiger partial charge in [0.25, 0.3) is 5.91 Å². The van der Waals surface area contributed by atoms with Crippen LogP contribution in [0.2, 0.25) is 0 Å². The summed E-state index contributed by atoms with van der Waals surface area (Å²) >= 11 is 0. The third-order valence-corrected chi connectivity index (χ3v) is 8.13. The van der Waals surface area contributed by atoms with Crippen LogP contribution in [0.3, 0.4) is 0 Å². The highest BCUT2D eigenvalue weighted by Crippen LogP contribution is 2.52. The third kappa shape index (κ3) is 3.61. The molecule has 2 saturated carbocycles. The van der Waals surface area contributed by atoms with E-state index in [0.29, 0.717) is 0 Å². The van der Waals surface area contributed by atoms with Crippen molar-refractivity contribution in [2.24, 2.45) is 23.3 Å². The summed E-state index contributed by atoms with van der Waals surface area (Å²) in [5, 5.41) is 49.4. The molecule has 10 N–H and O–H groups in total. The zero-order valence-corrected chi connectivity index (χ0v) is 20.1. The smallest absolute Gasteiger partial charge is 0.255 e. The van der Waals surface area contributed by atoms with Crippen molar-refractivity contribution < 1.29 is 44.0 Å². The number of anilines is 1. The summed E-state index contributed by atoms with van der Waals surface area (Å²) < 4.78 is 15.2. The number of fused-ring (bicyclic) bond motifs is 3. The minimum Gasteiger partial charge on any atom is -0.508 e. The second-order valence-electron chi connectivity index (χ2n) is 10.2. The van der Waals surface area contributed by atoms with E-state index in [1.807, 2.05) is 0 Å². The van der Waals surface area contributed by atoms with Crippen molar-refractivity contribution in [1.29, 1.82) is 0 Å². The molecule has 2 amide bonds. The number of aliphatic hydroxyl groups excluding tert-OH is 2. The molecule has 12 nitrogen and oxygen atoms in total. The number of nitrogens with one attached hydrogen (secondary N) is 2. The maximum Gasteiger partial charge on any atom is 0.255 e. The summed E-state index contributed by atoms with van der Waals surface area (Å²) in [7, 11) is 0. The number of aliphatic hydroxyl groups is 3. The summed E-state index contributed by atoms with van der Waals surface area (Å²) in [5.41, 5.74) is 5.85. The molecule has 4 aliphatic rings. The lowest BCUT2D eigenvalue weighted by atomic mass is 9.58. The molecule has 1 aromatic rings. The van der Waals surface area contributed by atoms with E-state index in [2.05, 4.69) is 10.6 Å². The average Bonchev–Trinajstić information content (AvgIpc) is 2.81. The van der Waals surface area contributed by atoms with E-state index < -0.39 is 86.7 Å². The number of phenolic OH excluding ortho intramolecular Hbond substituents is 1. The van der Waals surface area contributed by atoms with Crippen LogP contribution in [0, 0.1) is 17.7 Å². The first-order valence-corrected chi connectivity index (χ1v) is 12.2. The van der Waals surface area contributed by atoms with Gasteiger partial charge in [-0.3, -0.25) is 19.2 Å². The van der Waals surface area contributed by atoms with Gasteiger partial charge in [-0.15, -0.1) is 0 Å². The summed E-state index contributed by atoms with van der Waals surface area (Å²) in [4.78, 5) is 50.3. The lowest BCUT2D eigenvalue weighted by Crippen LogP contribution is -2.65. The van der Waals surface area contributed by atoms with E-state index in [9.17, 15) is 39.6 Å². The Bertz CT molecular complexity index is 1370. The number of carbonyl (C=O) groups is 4. The zero-order chi connectivity index (χ0) is 27.7. The van der Waals surface area contributed by atoms with E-state index in [0.717, 1.165) is 25.3 Å². The second-order valence-corrected chi connectivity index (χ2v) is 10.2. The fraction of sp³-hybridized carbons (Fsp3) is 0.440. The SMILES string of the molecule is NC(=O)C1=C(O)[C@@]2(O)C(=O)C3=C(O)c4c(O)c(NC(=O)CNC5CCC5)cc(F)c4C[C@H]3C[C@H]2[C@H](N)C1=O. The van der Waals surface area contributed by atoms with Gasteiger partial charge < -0.3 is 42.5 Å². The summed E-state index contributed by atoms with van der Waals surface area (Å²) in [6.45, 7) is -0.0857. The number of aromatic hydroxyl groups is 1. The molecule has 0 saturated heterocycles. The highest BCUT2D eigenvalue weighted by molar-refractivity contribution is 6.24.